The highest BCUT2D eigenvalue weighted by Gasteiger charge is 2.25. The van der Waals surface area contributed by atoms with Crippen molar-refractivity contribution in [2.24, 2.45) is 5.92 Å². The first-order chi connectivity index (χ1) is 19.9. The summed E-state index contributed by atoms with van der Waals surface area (Å²) in [5.74, 6) is 0.772. The predicted molar refractivity (Wildman–Crippen MR) is 191 cm³/mol. The lowest BCUT2D eigenvalue weighted by molar-refractivity contribution is 0.0827. The van der Waals surface area contributed by atoms with Gasteiger partial charge in [-0.1, -0.05) is 80.7 Å². The van der Waals surface area contributed by atoms with Crippen molar-refractivity contribution in [3.63, 3.8) is 0 Å². The van der Waals surface area contributed by atoms with Gasteiger partial charge >= 0.3 is 0 Å². The summed E-state index contributed by atoms with van der Waals surface area (Å²) in [5.41, 5.74) is 10.8. The highest BCUT2D eigenvalue weighted by molar-refractivity contribution is 5.94. The maximum absolute atomic E-state index is 12.3. The van der Waals surface area contributed by atoms with E-state index >= 15 is 0 Å². The maximum Gasteiger partial charge on any atom is 0.253 e. The zero-order valence-electron chi connectivity index (χ0n) is 26.6. The molecule has 0 bridgehead atoms. The summed E-state index contributed by atoms with van der Waals surface area (Å²) < 4.78 is 0. The first-order valence-electron chi connectivity index (χ1n) is 15.4. The van der Waals surface area contributed by atoms with Crippen molar-refractivity contribution in [3.05, 3.63) is 94.8 Å². The normalized spacial score (nSPS) is 18.3. The predicted octanol–water partition coefficient (Wildman–Crippen LogP) is 9.21. The molecule has 0 aromatic heterocycles. The van der Waals surface area contributed by atoms with Crippen LogP contribution in [0.5, 0.6) is 0 Å². The van der Waals surface area contributed by atoms with Crippen molar-refractivity contribution >= 4 is 28.4 Å². The van der Waals surface area contributed by atoms with Crippen LogP contribution in [0.3, 0.4) is 0 Å². The number of dihydropyridines is 1. The fourth-order valence-corrected chi connectivity index (χ4v) is 5.40. The van der Waals surface area contributed by atoms with E-state index in [4.69, 9.17) is 0 Å². The molecule has 0 saturated carbocycles. The summed E-state index contributed by atoms with van der Waals surface area (Å²) in [6.45, 7) is 17.0. The first kappa shape index (κ1) is 37.3. The maximum atomic E-state index is 12.3. The molecule has 2 atom stereocenters. The van der Waals surface area contributed by atoms with Crippen LogP contribution in [0.1, 0.15) is 103 Å². The van der Waals surface area contributed by atoms with Gasteiger partial charge < -0.3 is 20.4 Å². The topological polar surface area (TPSA) is 57.5 Å². The van der Waals surface area contributed by atoms with Crippen LogP contribution >= 0.6 is 0 Å². The Labute approximate surface area is 263 Å². The SMILES string of the molecule is C.C.CC.CC.CC/C(=C\C1NC=CC(c2ccc(N3CC[C@H](C)C3)c(C3=CN3)c2)=C1C)c1ccc(C(=O)N(C)C)cc1. The smallest absolute Gasteiger partial charge is 0.253 e. The molecule has 2 N–H and O–H groups in total. The number of benzene rings is 2. The van der Waals surface area contributed by atoms with E-state index in [9.17, 15) is 4.79 Å². The van der Waals surface area contributed by atoms with Crippen LogP contribution in [0.2, 0.25) is 0 Å². The fourth-order valence-electron chi connectivity index (χ4n) is 5.40. The quantitative estimate of drug-likeness (QED) is 0.340. The van der Waals surface area contributed by atoms with E-state index in [0.29, 0.717) is 5.56 Å². The minimum Gasteiger partial charge on any atom is -0.381 e. The highest BCUT2D eigenvalue weighted by atomic mass is 16.2. The van der Waals surface area contributed by atoms with Crippen molar-refractivity contribution in [2.45, 2.75) is 82.2 Å². The summed E-state index contributed by atoms with van der Waals surface area (Å²) in [4.78, 5) is 16.4. The van der Waals surface area contributed by atoms with Gasteiger partial charge in [0.2, 0.25) is 0 Å². The number of rotatable bonds is 7. The van der Waals surface area contributed by atoms with Gasteiger partial charge in [0, 0.05) is 50.2 Å². The fraction of sp³-hybridized carbons (Fsp3) is 0.447. The van der Waals surface area contributed by atoms with Crippen molar-refractivity contribution < 1.29 is 4.79 Å². The number of amides is 1. The van der Waals surface area contributed by atoms with Crippen molar-refractivity contribution in [1.82, 2.24) is 15.5 Å². The lowest BCUT2D eigenvalue weighted by Crippen LogP contribution is -2.27. The molecule has 3 heterocycles. The molecule has 1 fully saturated rings. The third kappa shape index (κ3) is 8.89. The lowest BCUT2D eigenvalue weighted by atomic mass is 9.90. The Hall–Kier alpha value is -3.73. The second-order valence-electron chi connectivity index (χ2n) is 10.7. The molecule has 2 aromatic rings. The zero-order chi connectivity index (χ0) is 30.1. The highest BCUT2D eigenvalue weighted by Crippen LogP contribution is 2.37. The van der Waals surface area contributed by atoms with Gasteiger partial charge in [0.15, 0.2) is 0 Å². The summed E-state index contributed by atoms with van der Waals surface area (Å²) in [6.07, 6.45) is 10.9. The Kier molecular flexibility index (Phi) is 15.1. The van der Waals surface area contributed by atoms with Crippen LogP contribution in [0, 0.1) is 5.92 Å². The molecule has 0 spiro atoms. The Bertz CT molecular complexity index is 1310. The minimum atomic E-state index is 0. The number of hydrogen-bond donors (Lipinski definition) is 2. The Morgan fingerprint density at radius 3 is 2.19 bits per heavy atom. The van der Waals surface area contributed by atoms with E-state index in [1.807, 2.05) is 39.8 Å². The van der Waals surface area contributed by atoms with Crippen molar-refractivity contribution in [2.75, 3.05) is 32.1 Å². The molecular weight excluding hydrogens is 528 g/mol. The standard InChI is InChI=1S/C32H38N4O.2C2H6.2CH4/c1-6-23(24-7-9-25(10-8-24)32(37)35(4)5)18-29-22(3)27(13-15-33-29)26-11-12-31(28(17-26)30-19-34-30)36-16-14-21(2)20-36;2*1-2;;/h7-13,15,17-19,21,29,33-34H,6,14,16,20H2,1-5H3;2*1-2H3;2*1H4/b23-18+;;;;/t21-,29?;;;;/m0..../s1. The number of carbonyl (C=O) groups is 1. The lowest BCUT2D eigenvalue weighted by Gasteiger charge is -2.25. The van der Waals surface area contributed by atoms with Gasteiger partial charge in [0.05, 0.1) is 11.7 Å². The third-order valence-corrected chi connectivity index (χ3v) is 7.73. The number of nitrogens with zero attached hydrogens (tertiary/aromatic N) is 2. The molecule has 0 radical (unpaired) electrons. The molecular formula is C38H58N4O. The number of anilines is 1. The minimum absolute atomic E-state index is 0. The summed E-state index contributed by atoms with van der Waals surface area (Å²) in [7, 11) is 3.56. The van der Waals surface area contributed by atoms with E-state index in [1.54, 1.807) is 19.0 Å². The Balaban J connectivity index is 0.00000148. The van der Waals surface area contributed by atoms with Crippen LogP contribution in [-0.4, -0.2) is 44.0 Å². The molecule has 5 rings (SSSR count). The molecule has 5 nitrogen and oxygen atoms in total. The monoisotopic (exact) mass is 586 g/mol. The summed E-state index contributed by atoms with van der Waals surface area (Å²) in [6, 6.07) is 15.0. The second-order valence-corrected chi connectivity index (χ2v) is 10.7. The molecule has 43 heavy (non-hydrogen) atoms. The van der Waals surface area contributed by atoms with Gasteiger partial charge in [-0.05, 0) is 90.1 Å². The molecule has 3 aliphatic heterocycles. The largest absolute Gasteiger partial charge is 0.381 e. The van der Waals surface area contributed by atoms with Gasteiger partial charge in [-0.2, -0.15) is 0 Å². The molecule has 3 aliphatic rings. The number of nitrogens with one attached hydrogen (secondary N) is 2. The van der Waals surface area contributed by atoms with Crippen LogP contribution < -0.4 is 15.5 Å². The van der Waals surface area contributed by atoms with E-state index in [1.165, 1.54) is 45.7 Å². The molecule has 236 valence electrons. The van der Waals surface area contributed by atoms with Crippen LogP contribution in [-0.2, 0) is 0 Å². The Morgan fingerprint density at radius 2 is 1.65 bits per heavy atom. The van der Waals surface area contributed by atoms with E-state index < -0.39 is 0 Å². The van der Waals surface area contributed by atoms with Gasteiger partial charge in [-0.15, -0.1) is 0 Å². The van der Waals surface area contributed by atoms with Crippen molar-refractivity contribution in [1.29, 1.82) is 0 Å². The first-order valence-corrected chi connectivity index (χ1v) is 15.4. The second kappa shape index (κ2) is 17.4. The molecule has 5 heteroatoms. The number of carbonyl (C=O) groups excluding carboxylic acids is 1. The van der Waals surface area contributed by atoms with E-state index in [2.05, 4.69) is 91.2 Å². The van der Waals surface area contributed by atoms with Gasteiger partial charge in [0.1, 0.15) is 0 Å². The van der Waals surface area contributed by atoms with Crippen LogP contribution in [0.15, 0.2) is 72.6 Å². The average molecular weight is 587 g/mol. The van der Waals surface area contributed by atoms with Crippen LogP contribution in [0.4, 0.5) is 5.69 Å². The zero-order valence-corrected chi connectivity index (χ0v) is 26.6. The molecule has 1 saturated heterocycles. The number of hydrogen-bond acceptors (Lipinski definition) is 4. The van der Waals surface area contributed by atoms with Gasteiger partial charge in [-0.3, -0.25) is 4.79 Å². The van der Waals surface area contributed by atoms with E-state index in [-0.39, 0.29) is 26.8 Å². The third-order valence-electron chi connectivity index (χ3n) is 7.73. The molecule has 1 unspecified atom stereocenters. The molecule has 1 amide bonds. The average Bonchev–Trinajstić information content (AvgIpc) is 3.77. The number of allylic oxidation sites excluding steroid dienone is 3. The summed E-state index contributed by atoms with van der Waals surface area (Å²) in [5, 5.41) is 6.88. The molecule has 0 aliphatic carbocycles. The Morgan fingerprint density at radius 1 is 1.02 bits per heavy atom. The van der Waals surface area contributed by atoms with Gasteiger partial charge in [-0.25, -0.2) is 0 Å². The molecule has 2 aromatic carbocycles. The van der Waals surface area contributed by atoms with Crippen LogP contribution in [0.25, 0.3) is 16.8 Å². The van der Waals surface area contributed by atoms with Gasteiger partial charge in [0.25, 0.3) is 5.91 Å². The summed E-state index contributed by atoms with van der Waals surface area (Å²) >= 11 is 0. The van der Waals surface area contributed by atoms with Crippen molar-refractivity contribution in [3.8, 4) is 0 Å². The van der Waals surface area contributed by atoms with E-state index in [0.717, 1.165) is 31.0 Å².